The van der Waals surface area contributed by atoms with Crippen molar-refractivity contribution in [1.82, 2.24) is 9.88 Å². The van der Waals surface area contributed by atoms with Gasteiger partial charge in [-0.1, -0.05) is 12.1 Å². The van der Waals surface area contributed by atoms with Crippen molar-refractivity contribution in [3.05, 3.63) is 70.7 Å². The lowest BCUT2D eigenvalue weighted by Gasteiger charge is -2.25. The monoisotopic (exact) mass is 432 g/mol. The van der Waals surface area contributed by atoms with E-state index in [1.165, 1.54) is 11.3 Å². The zero-order valence-corrected chi connectivity index (χ0v) is 17.1. The second-order valence-corrected chi connectivity index (χ2v) is 8.55. The molecule has 1 aliphatic rings. The molecule has 1 aliphatic heterocycles. The van der Waals surface area contributed by atoms with Crippen LogP contribution in [0.5, 0.6) is 5.75 Å². The van der Waals surface area contributed by atoms with Gasteiger partial charge in [-0.25, -0.2) is 13.8 Å². The molecule has 0 radical (unpaired) electrons. The molecule has 3 aromatic rings. The molecule has 2 heterocycles. The first-order chi connectivity index (χ1) is 14.1. The van der Waals surface area contributed by atoms with Crippen molar-refractivity contribution in [2.24, 2.45) is 0 Å². The SMILES string of the molecule is O=C(c1csc(-c2ccccc2OCc2cc(F)ccc2F)n1)N1CCSCC1. The molecule has 8 heteroatoms. The largest absolute Gasteiger partial charge is 0.488 e. The number of nitrogens with zero attached hydrogens (tertiary/aromatic N) is 2. The smallest absolute Gasteiger partial charge is 0.273 e. The topological polar surface area (TPSA) is 42.4 Å². The van der Waals surface area contributed by atoms with Crippen LogP contribution in [0.1, 0.15) is 16.1 Å². The van der Waals surface area contributed by atoms with Gasteiger partial charge in [0.2, 0.25) is 0 Å². The van der Waals surface area contributed by atoms with E-state index in [1.807, 2.05) is 28.8 Å². The molecule has 0 N–H and O–H groups in total. The number of carbonyl (C=O) groups excluding carboxylic acids is 1. The molecule has 1 saturated heterocycles. The van der Waals surface area contributed by atoms with Crippen molar-refractivity contribution in [2.45, 2.75) is 6.61 Å². The maximum absolute atomic E-state index is 13.9. The summed E-state index contributed by atoms with van der Waals surface area (Å²) in [5.41, 5.74) is 1.27. The van der Waals surface area contributed by atoms with E-state index in [0.29, 0.717) is 22.0 Å². The van der Waals surface area contributed by atoms with E-state index in [2.05, 4.69) is 4.98 Å². The third kappa shape index (κ3) is 4.59. The third-order valence-corrected chi connectivity index (χ3v) is 6.35. The second-order valence-electron chi connectivity index (χ2n) is 6.46. The van der Waals surface area contributed by atoms with Crippen LogP contribution in [0.25, 0.3) is 10.6 Å². The van der Waals surface area contributed by atoms with E-state index in [0.717, 1.165) is 42.8 Å². The average Bonchev–Trinajstić information content (AvgIpc) is 3.25. The Morgan fingerprint density at radius 2 is 1.93 bits per heavy atom. The molecular weight excluding hydrogens is 414 g/mol. The van der Waals surface area contributed by atoms with Gasteiger partial charge in [-0.3, -0.25) is 4.79 Å². The number of carbonyl (C=O) groups is 1. The molecule has 0 atom stereocenters. The van der Waals surface area contributed by atoms with E-state index in [-0.39, 0.29) is 18.1 Å². The van der Waals surface area contributed by atoms with Crippen LogP contribution in [-0.4, -0.2) is 40.4 Å². The van der Waals surface area contributed by atoms with Crippen LogP contribution >= 0.6 is 23.1 Å². The van der Waals surface area contributed by atoms with Gasteiger partial charge in [0, 0.05) is 35.5 Å². The highest BCUT2D eigenvalue weighted by atomic mass is 32.2. The minimum absolute atomic E-state index is 0.0620. The van der Waals surface area contributed by atoms with Crippen molar-refractivity contribution in [3.63, 3.8) is 0 Å². The zero-order chi connectivity index (χ0) is 20.2. The number of ether oxygens (including phenoxy) is 1. The molecule has 1 amide bonds. The fourth-order valence-electron chi connectivity index (χ4n) is 3.00. The number of thioether (sulfide) groups is 1. The van der Waals surface area contributed by atoms with Crippen LogP contribution in [0.3, 0.4) is 0 Å². The van der Waals surface area contributed by atoms with Crippen LogP contribution in [-0.2, 0) is 6.61 Å². The number of aromatic nitrogens is 1. The number of amides is 1. The predicted octanol–water partition coefficient (Wildman–Crippen LogP) is 4.86. The van der Waals surface area contributed by atoms with Gasteiger partial charge in [-0.05, 0) is 30.3 Å². The van der Waals surface area contributed by atoms with Crippen molar-refractivity contribution < 1.29 is 18.3 Å². The molecule has 150 valence electrons. The van der Waals surface area contributed by atoms with Gasteiger partial charge in [0.15, 0.2) is 0 Å². The molecule has 1 fully saturated rings. The molecule has 2 aromatic carbocycles. The quantitative estimate of drug-likeness (QED) is 0.578. The molecule has 4 rings (SSSR count). The van der Waals surface area contributed by atoms with Crippen molar-refractivity contribution >= 4 is 29.0 Å². The van der Waals surface area contributed by atoms with Crippen molar-refractivity contribution in [2.75, 3.05) is 24.6 Å². The van der Waals surface area contributed by atoms with Gasteiger partial charge in [0.1, 0.15) is 34.7 Å². The third-order valence-electron chi connectivity index (χ3n) is 4.53. The number of halogens is 2. The Morgan fingerprint density at radius 1 is 1.14 bits per heavy atom. The minimum atomic E-state index is -0.522. The van der Waals surface area contributed by atoms with Crippen molar-refractivity contribution in [3.8, 4) is 16.3 Å². The van der Waals surface area contributed by atoms with Gasteiger partial charge in [-0.15, -0.1) is 11.3 Å². The Bertz CT molecular complexity index is 1020. The Hall–Kier alpha value is -2.45. The van der Waals surface area contributed by atoms with Gasteiger partial charge in [-0.2, -0.15) is 11.8 Å². The standard InChI is InChI=1S/C21H18F2N2O2S2/c22-15-5-6-17(23)14(11-15)12-27-19-4-2-1-3-16(19)20-24-18(13-29-20)21(26)25-7-9-28-10-8-25/h1-6,11,13H,7-10,12H2. The highest BCUT2D eigenvalue weighted by Crippen LogP contribution is 2.33. The van der Waals surface area contributed by atoms with E-state index in [4.69, 9.17) is 4.74 Å². The molecule has 0 bridgehead atoms. The number of hydrogen-bond donors (Lipinski definition) is 0. The molecule has 0 unspecified atom stereocenters. The van der Waals surface area contributed by atoms with E-state index >= 15 is 0 Å². The van der Waals surface area contributed by atoms with Crippen LogP contribution in [0, 0.1) is 11.6 Å². The summed E-state index contributed by atoms with van der Waals surface area (Å²) in [6.07, 6.45) is 0. The predicted molar refractivity (Wildman–Crippen MR) is 111 cm³/mol. The maximum atomic E-state index is 13.9. The Labute approximate surface area is 175 Å². The number of para-hydroxylation sites is 1. The molecule has 0 saturated carbocycles. The van der Waals surface area contributed by atoms with Crippen LogP contribution in [0.4, 0.5) is 8.78 Å². The van der Waals surface area contributed by atoms with E-state index in [1.54, 1.807) is 17.5 Å². The van der Waals surface area contributed by atoms with Crippen molar-refractivity contribution in [1.29, 1.82) is 0 Å². The summed E-state index contributed by atoms with van der Waals surface area (Å²) in [5.74, 6) is 1.28. The van der Waals surface area contributed by atoms with E-state index < -0.39 is 11.6 Å². The highest BCUT2D eigenvalue weighted by Gasteiger charge is 2.22. The van der Waals surface area contributed by atoms with Gasteiger partial charge < -0.3 is 9.64 Å². The lowest BCUT2D eigenvalue weighted by molar-refractivity contribution is 0.0767. The summed E-state index contributed by atoms with van der Waals surface area (Å²) < 4.78 is 33.0. The molecular formula is C21H18F2N2O2S2. The zero-order valence-electron chi connectivity index (χ0n) is 15.4. The average molecular weight is 433 g/mol. The Balaban J connectivity index is 1.53. The van der Waals surface area contributed by atoms with Gasteiger partial charge >= 0.3 is 0 Å². The normalized spacial score (nSPS) is 14.1. The lowest BCUT2D eigenvalue weighted by Crippen LogP contribution is -2.38. The number of hydrogen-bond acceptors (Lipinski definition) is 5. The Morgan fingerprint density at radius 3 is 2.76 bits per heavy atom. The summed E-state index contributed by atoms with van der Waals surface area (Å²) in [6, 6.07) is 10.5. The van der Waals surface area contributed by atoms with Gasteiger partial charge in [0.05, 0.1) is 5.56 Å². The van der Waals surface area contributed by atoms with Gasteiger partial charge in [0.25, 0.3) is 5.91 Å². The first-order valence-corrected chi connectivity index (χ1v) is 11.1. The fourth-order valence-corrected chi connectivity index (χ4v) is 4.73. The molecule has 0 aliphatic carbocycles. The minimum Gasteiger partial charge on any atom is -0.488 e. The second kappa shape index (κ2) is 8.92. The summed E-state index contributed by atoms with van der Waals surface area (Å²) in [4.78, 5) is 19.0. The lowest BCUT2D eigenvalue weighted by atomic mass is 10.2. The Kier molecular flexibility index (Phi) is 6.10. The number of rotatable bonds is 5. The van der Waals surface area contributed by atoms with Crippen LogP contribution in [0.2, 0.25) is 0 Å². The molecule has 1 aromatic heterocycles. The maximum Gasteiger partial charge on any atom is 0.273 e. The summed E-state index contributed by atoms with van der Waals surface area (Å²) >= 11 is 3.20. The van der Waals surface area contributed by atoms with E-state index in [9.17, 15) is 13.6 Å². The molecule has 29 heavy (non-hydrogen) atoms. The van der Waals surface area contributed by atoms with Crippen LogP contribution in [0.15, 0.2) is 47.8 Å². The summed E-state index contributed by atoms with van der Waals surface area (Å²) in [5, 5.41) is 2.40. The fraction of sp³-hybridized carbons (Fsp3) is 0.238. The summed E-state index contributed by atoms with van der Waals surface area (Å²) in [6.45, 7) is 1.35. The highest BCUT2D eigenvalue weighted by molar-refractivity contribution is 7.99. The molecule has 4 nitrogen and oxygen atoms in total. The number of benzene rings is 2. The van der Waals surface area contributed by atoms with Crippen LogP contribution < -0.4 is 4.74 Å². The first kappa shape index (κ1) is 19.8. The number of thiazole rings is 1. The molecule has 0 spiro atoms. The summed E-state index contributed by atoms with van der Waals surface area (Å²) in [7, 11) is 0. The first-order valence-electron chi connectivity index (χ1n) is 9.10.